The first kappa shape index (κ1) is 10.6. The van der Waals surface area contributed by atoms with Crippen LogP contribution in [0.25, 0.3) is 10.9 Å². The number of hydrogen-bond acceptors (Lipinski definition) is 3. The molecule has 1 fully saturated rings. The molecular weight excluding hydrogens is 214 g/mol. The van der Waals surface area contributed by atoms with Gasteiger partial charge in [-0.05, 0) is 38.4 Å². The third kappa shape index (κ3) is 2.00. The van der Waals surface area contributed by atoms with E-state index in [0.29, 0.717) is 6.04 Å². The van der Waals surface area contributed by atoms with E-state index in [0.717, 1.165) is 35.5 Å². The molecule has 2 aromatic rings. The van der Waals surface area contributed by atoms with E-state index in [2.05, 4.69) is 15.5 Å². The van der Waals surface area contributed by atoms with E-state index in [1.54, 1.807) is 0 Å². The number of aromatic nitrogens is 2. The second-order valence-electron chi connectivity index (χ2n) is 4.60. The van der Waals surface area contributed by atoms with Crippen LogP contribution in [0, 0.1) is 6.92 Å². The molecule has 3 rings (SSSR count). The molecule has 4 nitrogen and oxygen atoms in total. The number of hydrogen-bond donors (Lipinski definition) is 2. The van der Waals surface area contributed by atoms with Crippen LogP contribution >= 0.6 is 0 Å². The average molecular weight is 231 g/mol. The Morgan fingerprint density at radius 3 is 3.24 bits per heavy atom. The molecular formula is C13H17N3O. The van der Waals surface area contributed by atoms with Crippen molar-refractivity contribution in [3.8, 4) is 5.75 Å². The Morgan fingerprint density at radius 1 is 1.47 bits per heavy atom. The van der Waals surface area contributed by atoms with Crippen molar-refractivity contribution in [2.75, 3.05) is 13.2 Å². The first-order chi connectivity index (χ1) is 8.34. The monoisotopic (exact) mass is 231 g/mol. The van der Waals surface area contributed by atoms with Gasteiger partial charge in [-0.1, -0.05) is 6.07 Å². The SMILES string of the molecule is Cc1[nH]nc2cccc(OCC3CCCN3)c12. The molecule has 0 spiro atoms. The average Bonchev–Trinajstić information content (AvgIpc) is 2.97. The molecule has 0 saturated carbocycles. The van der Waals surface area contributed by atoms with Gasteiger partial charge >= 0.3 is 0 Å². The number of nitrogens with one attached hydrogen (secondary N) is 2. The van der Waals surface area contributed by atoms with Gasteiger partial charge in [0.15, 0.2) is 0 Å². The summed E-state index contributed by atoms with van der Waals surface area (Å²) in [5.41, 5.74) is 2.04. The Morgan fingerprint density at radius 2 is 2.41 bits per heavy atom. The fourth-order valence-electron chi connectivity index (χ4n) is 2.40. The van der Waals surface area contributed by atoms with Gasteiger partial charge in [0, 0.05) is 11.7 Å². The van der Waals surface area contributed by atoms with Crippen LogP contribution in [-0.2, 0) is 0 Å². The van der Waals surface area contributed by atoms with E-state index < -0.39 is 0 Å². The van der Waals surface area contributed by atoms with E-state index in [1.165, 1.54) is 12.8 Å². The fourth-order valence-corrected chi connectivity index (χ4v) is 2.40. The van der Waals surface area contributed by atoms with E-state index in [-0.39, 0.29) is 0 Å². The van der Waals surface area contributed by atoms with Crippen LogP contribution in [0.1, 0.15) is 18.5 Å². The zero-order valence-electron chi connectivity index (χ0n) is 9.99. The molecule has 1 aromatic carbocycles. The number of benzene rings is 1. The summed E-state index contributed by atoms with van der Waals surface area (Å²) in [6.07, 6.45) is 2.46. The first-order valence-electron chi connectivity index (χ1n) is 6.14. The molecule has 4 heteroatoms. The van der Waals surface area contributed by atoms with Crippen molar-refractivity contribution in [3.63, 3.8) is 0 Å². The third-order valence-corrected chi connectivity index (χ3v) is 3.33. The standard InChI is InChI=1S/C13H17N3O/c1-9-13-11(16-15-9)5-2-6-12(13)17-8-10-4-3-7-14-10/h2,5-6,10,14H,3-4,7-8H2,1H3,(H,15,16). The molecule has 2 N–H and O–H groups in total. The Balaban J connectivity index is 1.81. The smallest absolute Gasteiger partial charge is 0.130 e. The van der Waals surface area contributed by atoms with Gasteiger partial charge in [0.25, 0.3) is 0 Å². The van der Waals surface area contributed by atoms with E-state index in [9.17, 15) is 0 Å². The van der Waals surface area contributed by atoms with Gasteiger partial charge < -0.3 is 10.1 Å². The zero-order chi connectivity index (χ0) is 11.7. The lowest BCUT2D eigenvalue weighted by Crippen LogP contribution is -2.28. The fraction of sp³-hybridized carbons (Fsp3) is 0.462. The molecule has 0 aliphatic carbocycles. The molecule has 0 bridgehead atoms. The maximum Gasteiger partial charge on any atom is 0.130 e. The highest BCUT2D eigenvalue weighted by Gasteiger charge is 2.15. The van der Waals surface area contributed by atoms with Crippen molar-refractivity contribution in [3.05, 3.63) is 23.9 Å². The maximum atomic E-state index is 5.92. The summed E-state index contributed by atoms with van der Waals surface area (Å²) in [5.74, 6) is 0.933. The Hall–Kier alpha value is -1.55. The van der Waals surface area contributed by atoms with Gasteiger partial charge in [-0.3, -0.25) is 5.10 Å². The number of nitrogens with zero attached hydrogens (tertiary/aromatic N) is 1. The lowest BCUT2D eigenvalue weighted by Gasteiger charge is -2.12. The van der Waals surface area contributed by atoms with Crippen LogP contribution in [0.3, 0.4) is 0 Å². The number of fused-ring (bicyclic) bond motifs is 1. The van der Waals surface area contributed by atoms with Crippen LogP contribution in [0.4, 0.5) is 0 Å². The Kier molecular flexibility index (Phi) is 2.73. The minimum Gasteiger partial charge on any atom is -0.491 e. The molecule has 17 heavy (non-hydrogen) atoms. The van der Waals surface area contributed by atoms with Crippen LogP contribution in [0.5, 0.6) is 5.75 Å². The largest absolute Gasteiger partial charge is 0.491 e. The highest BCUT2D eigenvalue weighted by molar-refractivity contribution is 5.87. The van der Waals surface area contributed by atoms with Crippen molar-refractivity contribution < 1.29 is 4.74 Å². The predicted molar refractivity (Wildman–Crippen MR) is 67.4 cm³/mol. The number of H-pyrrole nitrogens is 1. The van der Waals surface area contributed by atoms with Gasteiger partial charge in [-0.15, -0.1) is 0 Å². The van der Waals surface area contributed by atoms with Gasteiger partial charge in [0.2, 0.25) is 0 Å². The molecule has 1 aromatic heterocycles. The maximum absolute atomic E-state index is 5.92. The lowest BCUT2D eigenvalue weighted by atomic mass is 10.2. The minimum absolute atomic E-state index is 0.498. The van der Waals surface area contributed by atoms with Crippen LogP contribution < -0.4 is 10.1 Å². The van der Waals surface area contributed by atoms with Crippen molar-refractivity contribution in [1.82, 2.24) is 15.5 Å². The summed E-state index contributed by atoms with van der Waals surface area (Å²) in [6, 6.07) is 6.50. The van der Waals surface area contributed by atoms with Crippen molar-refractivity contribution in [2.45, 2.75) is 25.8 Å². The zero-order valence-corrected chi connectivity index (χ0v) is 9.99. The third-order valence-electron chi connectivity index (χ3n) is 3.33. The Bertz CT molecular complexity index is 514. The van der Waals surface area contributed by atoms with Crippen LogP contribution in [0.15, 0.2) is 18.2 Å². The summed E-state index contributed by atoms with van der Waals surface area (Å²) in [4.78, 5) is 0. The van der Waals surface area contributed by atoms with E-state index >= 15 is 0 Å². The summed E-state index contributed by atoms with van der Waals surface area (Å²) >= 11 is 0. The second kappa shape index (κ2) is 4.37. The van der Waals surface area contributed by atoms with Gasteiger partial charge in [0.05, 0.1) is 10.9 Å². The highest BCUT2D eigenvalue weighted by Crippen LogP contribution is 2.27. The molecule has 1 atom stereocenters. The number of rotatable bonds is 3. The van der Waals surface area contributed by atoms with E-state index in [1.807, 2.05) is 25.1 Å². The lowest BCUT2D eigenvalue weighted by molar-refractivity contribution is 0.280. The quantitative estimate of drug-likeness (QED) is 0.849. The van der Waals surface area contributed by atoms with Crippen LogP contribution in [0.2, 0.25) is 0 Å². The van der Waals surface area contributed by atoms with Gasteiger partial charge in [0.1, 0.15) is 12.4 Å². The summed E-state index contributed by atoms with van der Waals surface area (Å²) in [6.45, 7) is 3.88. The van der Waals surface area contributed by atoms with E-state index in [4.69, 9.17) is 4.74 Å². The van der Waals surface area contributed by atoms with Crippen molar-refractivity contribution in [1.29, 1.82) is 0 Å². The molecule has 1 aliphatic heterocycles. The molecule has 90 valence electrons. The van der Waals surface area contributed by atoms with Crippen molar-refractivity contribution in [2.24, 2.45) is 0 Å². The molecule has 2 heterocycles. The molecule has 0 amide bonds. The summed E-state index contributed by atoms with van der Waals surface area (Å²) < 4.78 is 5.92. The number of aromatic amines is 1. The van der Waals surface area contributed by atoms with Crippen molar-refractivity contribution >= 4 is 10.9 Å². The number of aryl methyl sites for hydroxylation is 1. The van der Waals surface area contributed by atoms with Crippen LogP contribution in [-0.4, -0.2) is 29.4 Å². The molecule has 1 aliphatic rings. The summed E-state index contributed by atoms with van der Waals surface area (Å²) in [5, 5.41) is 11.8. The molecule has 1 unspecified atom stereocenters. The normalized spacial score (nSPS) is 19.9. The molecule has 1 saturated heterocycles. The van der Waals surface area contributed by atoms with Gasteiger partial charge in [-0.2, -0.15) is 5.10 Å². The predicted octanol–water partition coefficient (Wildman–Crippen LogP) is 2.00. The summed E-state index contributed by atoms with van der Waals surface area (Å²) in [7, 11) is 0. The first-order valence-corrected chi connectivity index (χ1v) is 6.14. The minimum atomic E-state index is 0.498. The van der Waals surface area contributed by atoms with Gasteiger partial charge in [-0.25, -0.2) is 0 Å². The number of ether oxygens (including phenoxy) is 1. The molecule has 0 radical (unpaired) electrons. The second-order valence-corrected chi connectivity index (χ2v) is 4.60. The Labute approximate surface area is 100 Å². The topological polar surface area (TPSA) is 49.9 Å². The highest BCUT2D eigenvalue weighted by atomic mass is 16.5.